The van der Waals surface area contributed by atoms with Crippen LogP contribution in [0, 0.1) is 0 Å². The predicted molar refractivity (Wildman–Crippen MR) is 46.1 cm³/mol. The molecule has 0 saturated heterocycles. The topological polar surface area (TPSA) is 51.0 Å². The van der Waals surface area contributed by atoms with Gasteiger partial charge in [-0.05, 0) is 20.4 Å². The van der Waals surface area contributed by atoms with Crippen LogP contribution in [0.4, 0.5) is 13.2 Å². The maximum atomic E-state index is 12.1. The molecule has 4 nitrogen and oxygen atoms in total. The second-order valence-corrected chi connectivity index (χ2v) is 3.24. The maximum absolute atomic E-state index is 12.1. The van der Waals surface area contributed by atoms with E-state index in [1.54, 1.807) is 7.05 Å². The molecule has 1 aromatic rings. The number of rotatable bonds is 4. The summed E-state index contributed by atoms with van der Waals surface area (Å²) < 4.78 is 40.7. The molecular formula is C8H12F3N3O. The lowest BCUT2D eigenvalue weighted by atomic mass is 10.2. The van der Waals surface area contributed by atoms with Crippen molar-refractivity contribution in [2.75, 3.05) is 7.05 Å². The normalized spacial score (nSPS) is 14.2. The largest absolute Gasteiger partial charge is 0.455 e. The molecule has 15 heavy (non-hydrogen) atoms. The van der Waals surface area contributed by atoms with E-state index < -0.39 is 12.0 Å². The summed E-state index contributed by atoms with van der Waals surface area (Å²) in [5.74, 6) is -1.20. The second-order valence-electron chi connectivity index (χ2n) is 3.24. The third-order valence-corrected chi connectivity index (χ3v) is 2.01. The SMILES string of the molecule is CNC(C)CCc1nc(C(F)(F)F)no1. The molecule has 1 atom stereocenters. The fourth-order valence-corrected chi connectivity index (χ4v) is 0.956. The molecule has 0 aliphatic carbocycles. The first-order valence-corrected chi connectivity index (χ1v) is 4.50. The smallest absolute Gasteiger partial charge is 0.339 e. The third kappa shape index (κ3) is 3.50. The van der Waals surface area contributed by atoms with Crippen molar-refractivity contribution >= 4 is 0 Å². The average molecular weight is 223 g/mol. The summed E-state index contributed by atoms with van der Waals surface area (Å²) in [5.41, 5.74) is 0. The number of aromatic nitrogens is 2. The molecule has 0 aromatic carbocycles. The lowest BCUT2D eigenvalue weighted by Crippen LogP contribution is -2.21. The van der Waals surface area contributed by atoms with E-state index in [1.165, 1.54) is 0 Å². The van der Waals surface area contributed by atoms with Crippen LogP contribution in [0.2, 0.25) is 0 Å². The summed E-state index contributed by atoms with van der Waals surface area (Å²) in [7, 11) is 1.78. The monoisotopic (exact) mass is 223 g/mol. The van der Waals surface area contributed by atoms with E-state index in [2.05, 4.69) is 20.0 Å². The van der Waals surface area contributed by atoms with E-state index in [-0.39, 0.29) is 11.9 Å². The van der Waals surface area contributed by atoms with Crippen molar-refractivity contribution in [3.8, 4) is 0 Å². The van der Waals surface area contributed by atoms with Gasteiger partial charge >= 0.3 is 6.18 Å². The van der Waals surface area contributed by atoms with E-state index in [0.29, 0.717) is 12.8 Å². The lowest BCUT2D eigenvalue weighted by Gasteiger charge is -2.06. The van der Waals surface area contributed by atoms with Gasteiger partial charge in [-0.1, -0.05) is 5.16 Å². The van der Waals surface area contributed by atoms with Gasteiger partial charge in [0.25, 0.3) is 5.82 Å². The molecule has 0 spiro atoms. The predicted octanol–water partition coefficient (Wildman–Crippen LogP) is 1.63. The molecule has 1 rings (SSSR count). The van der Waals surface area contributed by atoms with Gasteiger partial charge in [0.1, 0.15) is 0 Å². The number of hydrogen-bond donors (Lipinski definition) is 1. The molecule has 0 bridgehead atoms. The average Bonchev–Trinajstić information content (AvgIpc) is 2.61. The summed E-state index contributed by atoms with van der Waals surface area (Å²) in [6, 6.07) is 0.200. The minimum Gasteiger partial charge on any atom is -0.339 e. The van der Waals surface area contributed by atoms with Crippen LogP contribution in [0.5, 0.6) is 0 Å². The Labute approximate surface area is 84.9 Å². The fourth-order valence-electron chi connectivity index (χ4n) is 0.956. The number of hydrogen-bond acceptors (Lipinski definition) is 4. The number of nitrogens with zero attached hydrogens (tertiary/aromatic N) is 2. The van der Waals surface area contributed by atoms with Crippen LogP contribution in [0.15, 0.2) is 4.52 Å². The molecule has 0 amide bonds. The molecule has 1 N–H and O–H groups in total. The Kier molecular flexibility index (Phi) is 3.67. The van der Waals surface area contributed by atoms with Gasteiger partial charge in [-0.15, -0.1) is 0 Å². The van der Waals surface area contributed by atoms with Crippen molar-refractivity contribution in [2.45, 2.75) is 32.0 Å². The molecule has 1 heterocycles. The molecule has 1 unspecified atom stereocenters. The van der Waals surface area contributed by atoms with Gasteiger partial charge in [-0.25, -0.2) is 0 Å². The van der Waals surface area contributed by atoms with E-state index in [9.17, 15) is 13.2 Å². The standard InChI is InChI=1S/C8H12F3N3O/c1-5(12-2)3-4-6-13-7(14-15-6)8(9,10)11/h5,12H,3-4H2,1-2H3. The van der Waals surface area contributed by atoms with Crippen molar-refractivity contribution < 1.29 is 17.7 Å². The Morgan fingerprint density at radius 1 is 1.47 bits per heavy atom. The van der Waals surface area contributed by atoms with Gasteiger partial charge in [0, 0.05) is 12.5 Å². The van der Waals surface area contributed by atoms with Gasteiger partial charge in [0.05, 0.1) is 0 Å². The van der Waals surface area contributed by atoms with Crippen LogP contribution < -0.4 is 5.32 Å². The van der Waals surface area contributed by atoms with Gasteiger partial charge < -0.3 is 9.84 Å². The Bertz CT molecular complexity index is 310. The zero-order valence-corrected chi connectivity index (χ0v) is 8.43. The highest BCUT2D eigenvalue weighted by atomic mass is 19.4. The van der Waals surface area contributed by atoms with Crippen LogP contribution in [-0.4, -0.2) is 23.2 Å². The Morgan fingerprint density at radius 2 is 2.13 bits per heavy atom. The molecule has 0 aliphatic heterocycles. The number of alkyl halides is 3. The fraction of sp³-hybridized carbons (Fsp3) is 0.750. The van der Waals surface area contributed by atoms with Crippen LogP contribution in [0.1, 0.15) is 25.1 Å². The first kappa shape index (κ1) is 12.0. The highest BCUT2D eigenvalue weighted by molar-refractivity contribution is 4.91. The highest BCUT2D eigenvalue weighted by Gasteiger charge is 2.37. The summed E-state index contributed by atoms with van der Waals surface area (Å²) >= 11 is 0. The highest BCUT2D eigenvalue weighted by Crippen LogP contribution is 2.26. The van der Waals surface area contributed by atoms with Crippen LogP contribution in [0.3, 0.4) is 0 Å². The molecule has 0 fully saturated rings. The Balaban J connectivity index is 2.54. The van der Waals surface area contributed by atoms with E-state index in [1.807, 2.05) is 6.92 Å². The zero-order valence-electron chi connectivity index (χ0n) is 8.43. The summed E-state index contributed by atoms with van der Waals surface area (Å²) in [6.45, 7) is 1.92. The van der Waals surface area contributed by atoms with Crippen molar-refractivity contribution in [1.29, 1.82) is 0 Å². The van der Waals surface area contributed by atoms with E-state index >= 15 is 0 Å². The maximum Gasteiger partial charge on any atom is 0.455 e. The number of aryl methyl sites for hydroxylation is 1. The van der Waals surface area contributed by atoms with E-state index in [0.717, 1.165) is 0 Å². The molecule has 7 heteroatoms. The first-order valence-electron chi connectivity index (χ1n) is 4.50. The van der Waals surface area contributed by atoms with E-state index in [4.69, 9.17) is 0 Å². The minimum absolute atomic E-state index is 0.0180. The summed E-state index contributed by atoms with van der Waals surface area (Å²) in [4.78, 5) is 3.26. The first-order chi connectivity index (χ1) is 6.93. The molecular weight excluding hydrogens is 211 g/mol. The van der Waals surface area contributed by atoms with Gasteiger partial charge in [-0.3, -0.25) is 0 Å². The minimum atomic E-state index is -4.53. The molecule has 0 saturated carbocycles. The number of halogens is 3. The molecule has 0 aliphatic rings. The van der Waals surface area contributed by atoms with Gasteiger partial charge in [0.2, 0.25) is 5.89 Å². The Morgan fingerprint density at radius 3 is 2.60 bits per heavy atom. The molecule has 86 valence electrons. The molecule has 0 radical (unpaired) electrons. The summed E-state index contributed by atoms with van der Waals surface area (Å²) in [5, 5.41) is 5.82. The van der Waals surface area contributed by atoms with Crippen LogP contribution in [0.25, 0.3) is 0 Å². The van der Waals surface area contributed by atoms with Crippen LogP contribution in [-0.2, 0) is 12.6 Å². The van der Waals surface area contributed by atoms with Gasteiger partial charge in [-0.2, -0.15) is 18.2 Å². The van der Waals surface area contributed by atoms with Crippen molar-refractivity contribution in [3.63, 3.8) is 0 Å². The van der Waals surface area contributed by atoms with Crippen molar-refractivity contribution in [2.24, 2.45) is 0 Å². The summed E-state index contributed by atoms with van der Waals surface area (Å²) in [6.07, 6.45) is -3.54. The quantitative estimate of drug-likeness (QED) is 0.842. The number of nitrogens with one attached hydrogen (secondary N) is 1. The van der Waals surface area contributed by atoms with Crippen LogP contribution >= 0.6 is 0 Å². The lowest BCUT2D eigenvalue weighted by molar-refractivity contribution is -0.146. The second kappa shape index (κ2) is 4.61. The van der Waals surface area contributed by atoms with Gasteiger partial charge in [0.15, 0.2) is 0 Å². The molecule has 1 aromatic heterocycles. The zero-order chi connectivity index (χ0) is 11.5. The third-order valence-electron chi connectivity index (χ3n) is 2.01. The van der Waals surface area contributed by atoms with Crippen molar-refractivity contribution in [1.82, 2.24) is 15.5 Å². The van der Waals surface area contributed by atoms with Crippen molar-refractivity contribution in [3.05, 3.63) is 11.7 Å². The Hall–Kier alpha value is -1.11.